The molecule has 134 valence electrons. The second kappa shape index (κ2) is 5.82. The van der Waals surface area contributed by atoms with Crippen molar-refractivity contribution in [1.82, 2.24) is 19.4 Å². The van der Waals surface area contributed by atoms with Gasteiger partial charge in [0.05, 0.1) is 18.4 Å². The number of carbonyl (C=O) groups is 1. The van der Waals surface area contributed by atoms with Crippen LogP contribution in [0.5, 0.6) is 0 Å². The normalized spacial score (nSPS) is 20.1. The second-order valence-corrected chi connectivity index (χ2v) is 6.49. The number of amides is 1. The summed E-state index contributed by atoms with van der Waals surface area (Å²) < 4.78 is 43.9. The molecule has 0 unspecified atom stereocenters. The number of nitrogens with zero attached hydrogens (tertiary/aromatic N) is 4. The Bertz CT molecular complexity index is 999. The van der Waals surface area contributed by atoms with Crippen LogP contribution in [-0.2, 0) is 12.7 Å². The summed E-state index contributed by atoms with van der Waals surface area (Å²) in [6.45, 7) is -0.129. The van der Waals surface area contributed by atoms with Crippen molar-refractivity contribution in [3.05, 3.63) is 59.6 Å². The van der Waals surface area contributed by atoms with Crippen LogP contribution in [0.25, 0.3) is 11.2 Å². The van der Waals surface area contributed by atoms with Gasteiger partial charge in [-0.2, -0.15) is 0 Å². The van der Waals surface area contributed by atoms with E-state index in [-0.39, 0.29) is 31.0 Å². The minimum Gasteiger partial charge on any atom is -0.335 e. The number of pyridine rings is 1. The molecule has 1 amide bonds. The van der Waals surface area contributed by atoms with E-state index in [2.05, 4.69) is 9.97 Å². The molecular weight excluding hydrogens is 345 g/mol. The molecule has 0 spiro atoms. The Morgan fingerprint density at radius 1 is 1.19 bits per heavy atom. The number of carbonyl (C=O) groups excluding carboxylic acids is 1. The Morgan fingerprint density at radius 3 is 2.65 bits per heavy atom. The minimum absolute atomic E-state index is 0.0297. The lowest BCUT2D eigenvalue weighted by Crippen LogP contribution is -2.32. The monoisotopic (exact) mass is 360 g/mol. The first-order chi connectivity index (χ1) is 12.4. The molecule has 8 heteroatoms. The van der Waals surface area contributed by atoms with Gasteiger partial charge in [0.1, 0.15) is 17.2 Å². The Labute approximate surface area is 147 Å². The lowest BCUT2D eigenvalue weighted by molar-refractivity contribution is 0.0752. The van der Waals surface area contributed by atoms with Gasteiger partial charge in [-0.15, -0.1) is 0 Å². The SMILES string of the molecule is Cn1cnc2c(C(=O)N3CC[C@](F)(c4cc(F)cc(F)c4)C3)ccnc21. The predicted molar refractivity (Wildman–Crippen MR) is 88.2 cm³/mol. The fourth-order valence-electron chi connectivity index (χ4n) is 3.36. The Hall–Kier alpha value is -2.90. The highest BCUT2D eigenvalue weighted by Gasteiger charge is 2.42. The van der Waals surface area contributed by atoms with Gasteiger partial charge in [0.2, 0.25) is 0 Å². The van der Waals surface area contributed by atoms with Gasteiger partial charge in [-0.25, -0.2) is 23.1 Å². The molecule has 1 aliphatic rings. The van der Waals surface area contributed by atoms with Gasteiger partial charge in [-0.1, -0.05) is 0 Å². The zero-order valence-corrected chi connectivity index (χ0v) is 13.9. The van der Waals surface area contributed by atoms with Gasteiger partial charge in [0.25, 0.3) is 5.91 Å². The van der Waals surface area contributed by atoms with Crippen molar-refractivity contribution in [3.8, 4) is 0 Å². The van der Waals surface area contributed by atoms with E-state index in [0.29, 0.717) is 22.8 Å². The molecule has 3 aromatic rings. The highest BCUT2D eigenvalue weighted by Crippen LogP contribution is 2.37. The Balaban J connectivity index is 1.64. The third kappa shape index (κ3) is 2.61. The average Bonchev–Trinajstić information content (AvgIpc) is 3.18. The number of aryl methyl sites for hydroxylation is 1. The van der Waals surface area contributed by atoms with Crippen molar-refractivity contribution in [1.29, 1.82) is 0 Å². The zero-order valence-electron chi connectivity index (χ0n) is 13.9. The van der Waals surface area contributed by atoms with Gasteiger partial charge in [-0.3, -0.25) is 4.79 Å². The number of fused-ring (bicyclic) bond motifs is 1. The molecule has 2 aromatic heterocycles. The summed E-state index contributed by atoms with van der Waals surface area (Å²) in [5.41, 5.74) is -0.773. The molecule has 5 nitrogen and oxygen atoms in total. The summed E-state index contributed by atoms with van der Waals surface area (Å²) in [6.07, 6.45) is 3.02. The molecule has 1 atom stereocenters. The quantitative estimate of drug-likeness (QED) is 0.706. The van der Waals surface area contributed by atoms with Gasteiger partial charge in [-0.05, 0) is 23.8 Å². The molecule has 0 N–H and O–H groups in total. The minimum atomic E-state index is -1.99. The molecule has 0 aliphatic carbocycles. The van der Waals surface area contributed by atoms with Gasteiger partial charge in [0, 0.05) is 32.3 Å². The summed E-state index contributed by atoms with van der Waals surface area (Å²) >= 11 is 0. The number of alkyl halides is 1. The van der Waals surface area contributed by atoms with E-state index in [9.17, 15) is 13.6 Å². The van der Waals surface area contributed by atoms with Gasteiger partial charge >= 0.3 is 0 Å². The summed E-state index contributed by atoms with van der Waals surface area (Å²) in [6, 6.07) is 4.18. The maximum absolute atomic E-state index is 15.3. The Kier molecular flexibility index (Phi) is 3.71. The molecule has 1 aromatic carbocycles. The van der Waals surface area contributed by atoms with Crippen LogP contribution in [0.2, 0.25) is 0 Å². The average molecular weight is 360 g/mol. The number of halogens is 3. The van der Waals surface area contributed by atoms with Crippen LogP contribution in [0, 0.1) is 11.6 Å². The molecule has 0 saturated carbocycles. The zero-order chi connectivity index (χ0) is 18.5. The van der Waals surface area contributed by atoms with Gasteiger partial charge in [0.15, 0.2) is 11.3 Å². The molecule has 4 rings (SSSR count). The van der Waals surface area contributed by atoms with E-state index in [0.717, 1.165) is 12.1 Å². The second-order valence-electron chi connectivity index (χ2n) is 6.49. The molecule has 3 heterocycles. The first kappa shape index (κ1) is 16.6. The maximum Gasteiger partial charge on any atom is 0.256 e. The molecule has 1 fully saturated rings. The fraction of sp³-hybridized carbons (Fsp3) is 0.278. The lowest BCUT2D eigenvalue weighted by Gasteiger charge is -2.21. The van der Waals surface area contributed by atoms with E-state index in [1.54, 1.807) is 17.9 Å². The maximum atomic E-state index is 15.3. The number of hydrogen-bond donors (Lipinski definition) is 0. The van der Waals surface area contributed by atoms with Crippen molar-refractivity contribution in [2.45, 2.75) is 12.1 Å². The van der Waals surface area contributed by atoms with Crippen molar-refractivity contribution in [3.63, 3.8) is 0 Å². The van der Waals surface area contributed by atoms with Crippen LogP contribution in [-0.4, -0.2) is 38.4 Å². The largest absolute Gasteiger partial charge is 0.335 e. The first-order valence-corrected chi connectivity index (χ1v) is 8.08. The number of imidazole rings is 1. The summed E-state index contributed by atoms with van der Waals surface area (Å²) in [5.74, 6) is -2.07. The standard InChI is InChI=1S/C18H15F3N4O/c1-24-10-23-15-14(2-4-22-16(15)24)17(26)25-5-3-18(21,9-25)11-6-12(19)8-13(20)7-11/h2,4,6-8,10H,3,5,9H2,1H3/t18-/m1/s1. The van der Waals surface area contributed by atoms with Crippen LogP contribution in [0.3, 0.4) is 0 Å². The summed E-state index contributed by atoms with van der Waals surface area (Å²) in [7, 11) is 1.76. The van der Waals surface area contributed by atoms with Crippen molar-refractivity contribution in [2.24, 2.45) is 7.05 Å². The van der Waals surface area contributed by atoms with Crippen LogP contribution in [0.4, 0.5) is 13.2 Å². The molecular formula is C18H15F3N4O. The van der Waals surface area contributed by atoms with Crippen LogP contribution >= 0.6 is 0 Å². The number of rotatable bonds is 2. The highest BCUT2D eigenvalue weighted by molar-refractivity contribution is 6.04. The van der Waals surface area contributed by atoms with Gasteiger partial charge < -0.3 is 9.47 Å². The topological polar surface area (TPSA) is 51.0 Å². The van der Waals surface area contributed by atoms with Crippen LogP contribution in [0.15, 0.2) is 36.8 Å². The molecule has 26 heavy (non-hydrogen) atoms. The third-order valence-corrected chi connectivity index (χ3v) is 4.72. The molecule has 1 saturated heterocycles. The van der Waals surface area contributed by atoms with Crippen LogP contribution < -0.4 is 0 Å². The predicted octanol–water partition coefficient (Wildman–Crippen LogP) is 2.96. The number of hydrogen-bond acceptors (Lipinski definition) is 3. The van der Waals surface area contributed by atoms with Crippen molar-refractivity contribution >= 4 is 17.1 Å². The van der Waals surface area contributed by atoms with Crippen molar-refractivity contribution in [2.75, 3.05) is 13.1 Å². The van der Waals surface area contributed by atoms with E-state index in [1.165, 1.54) is 17.2 Å². The summed E-state index contributed by atoms with van der Waals surface area (Å²) in [4.78, 5) is 22.6. The van der Waals surface area contributed by atoms with Crippen LogP contribution in [0.1, 0.15) is 22.3 Å². The third-order valence-electron chi connectivity index (χ3n) is 4.72. The summed E-state index contributed by atoms with van der Waals surface area (Å²) in [5, 5.41) is 0. The number of benzene rings is 1. The first-order valence-electron chi connectivity index (χ1n) is 8.08. The molecule has 0 radical (unpaired) electrons. The lowest BCUT2D eigenvalue weighted by atomic mass is 9.95. The van der Waals surface area contributed by atoms with E-state index in [4.69, 9.17) is 0 Å². The van der Waals surface area contributed by atoms with E-state index in [1.807, 2.05) is 0 Å². The van der Waals surface area contributed by atoms with Crippen molar-refractivity contribution < 1.29 is 18.0 Å². The van der Waals surface area contributed by atoms with E-state index >= 15 is 4.39 Å². The fourth-order valence-corrected chi connectivity index (χ4v) is 3.36. The molecule has 1 aliphatic heterocycles. The molecule has 0 bridgehead atoms. The number of aromatic nitrogens is 3. The smallest absolute Gasteiger partial charge is 0.256 e. The van der Waals surface area contributed by atoms with E-state index < -0.39 is 17.3 Å². The Morgan fingerprint density at radius 2 is 1.92 bits per heavy atom. The highest BCUT2D eigenvalue weighted by atomic mass is 19.1. The number of likely N-dealkylation sites (tertiary alicyclic amines) is 1.